The Hall–Kier alpha value is -3.69. The molecule has 7 rings (SSSR count). The van der Waals surface area contributed by atoms with Crippen molar-refractivity contribution in [3.05, 3.63) is 139 Å². The largest absolute Gasteiger partial charge is 0.419 e. The topological polar surface area (TPSA) is 26.3 Å². The van der Waals surface area contributed by atoms with Crippen molar-refractivity contribution in [1.29, 1.82) is 0 Å². The van der Waals surface area contributed by atoms with Gasteiger partial charge in [0.15, 0.2) is 0 Å². The third kappa shape index (κ3) is 3.88. The minimum atomic E-state index is -4.38. The summed E-state index contributed by atoms with van der Waals surface area (Å²) in [5, 5.41) is 6.27. The predicted molar refractivity (Wildman–Crippen MR) is 147 cm³/mol. The lowest BCUT2D eigenvalue weighted by molar-refractivity contribution is -0.137. The molecule has 38 heavy (non-hydrogen) atoms. The molecule has 1 fully saturated rings. The Balaban J connectivity index is 1.48. The molecule has 185 valence electrons. The van der Waals surface area contributed by atoms with Gasteiger partial charge in [0.1, 0.15) is 16.8 Å². The summed E-state index contributed by atoms with van der Waals surface area (Å²) < 4.78 is 52.7. The first-order valence-electron chi connectivity index (χ1n) is 12.1. The van der Waals surface area contributed by atoms with Crippen LogP contribution in [0.4, 0.5) is 13.2 Å². The first kappa shape index (κ1) is 23.4. The first-order valence-corrected chi connectivity index (χ1v) is 13.3. The molecule has 6 aromatic rings. The fraction of sp³-hybridized carbons (Fsp3) is 0.0312. The SMILES string of the molecule is FC(F)(F)c1ccc([C]2[CH][CH][CH][C]2p2oc3ccc4ccccc4c3c3c(ccc4ccccc43)o2)cc1. The fourth-order valence-corrected chi connectivity index (χ4v) is 6.62. The van der Waals surface area contributed by atoms with Gasteiger partial charge in [0.05, 0.1) is 5.56 Å². The summed E-state index contributed by atoms with van der Waals surface area (Å²) >= 11 is 0. The van der Waals surface area contributed by atoms with Crippen LogP contribution >= 0.6 is 8.01 Å². The Morgan fingerprint density at radius 2 is 1.13 bits per heavy atom. The molecular formula is C32H19F3O2P. The average Bonchev–Trinajstić information content (AvgIpc) is 3.35. The summed E-state index contributed by atoms with van der Waals surface area (Å²) in [7, 11) is -1.64. The molecule has 1 aromatic heterocycles. The molecule has 0 saturated heterocycles. The third-order valence-electron chi connectivity index (χ3n) is 6.91. The highest BCUT2D eigenvalue weighted by molar-refractivity contribution is 7.42. The van der Waals surface area contributed by atoms with Crippen LogP contribution in [0.5, 0.6) is 0 Å². The van der Waals surface area contributed by atoms with E-state index < -0.39 is 19.8 Å². The fourth-order valence-electron chi connectivity index (χ4n) is 5.12. The van der Waals surface area contributed by atoms with E-state index in [1.54, 1.807) is 0 Å². The molecule has 6 heteroatoms. The van der Waals surface area contributed by atoms with Gasteiger partial charge in [0.2, 0.25) is 8.01 Å². The number of benzene rings is 5. The van der Waals surface area contributed by atoms with E-state index in [0.29, 0.717) is 16.7 Å². The normalized spacial score (nSPS) is 15.2. The van der Waals surface area contributed by atoms with Gasteiger partial charge in [-0.25, -0.2) is 0 Å². The van der Waals surface area contributed by atoms with E-state index in [4.69, 9.17) is 8.39 Å². The highest BCUT2D eigenvalue weighted by atomic mass is 31.1. The number of alkyl halides is 3. The van der Waals surface area contributed by atoms with Crippen LogP contribution in [-0.4, -0.2) is 0 Å². The maximum Gasteiger partial charge on any atom is 0.416 e. The third-order valence-corrected chi connectivity index (χ3v) is 8.42. The van der Waals surface area contributed by atoms with Gasteiger partial charge < -0.3 is 8.39 Å². The number of hydrogen-bond acceptors (Lipinski definition) is 2. The molecule has 0 spiro atoms. The lowest BCUT2D eigenvalue weighted by atomic mass is 9.96. The van der Waals surface area contributed by atoms with Crippen LogP contribution in [0.25, 0.3) is 43.5 Å². The Kier molecular flexibility index (Phi) is 5.52. The van der Waals surface area contributed by atoms with Crippen LogP contribution in [-0.2, 0) is 6.18 Å². The van der Waals surface area contributed by atoms with Crippen molar-refractivity contribution >= 4 is 51.5 Å². The molecule has 1 saturated carbocycles. The van der Waals surface area contributed by atoms with Crippen LogP contribution in [0.3, 0.4) is 0 Å². The van der Waals surface area contributed by atoms with Gasteiger partial charge in [-0.05, 0) is 70.6 Å². The van der Waals surface area contributed by atoms with E-state index in [1.165, 1.54) is 12.1 Å². The zero-order chi connectivity index (χ0) is 25.9. The van der Waals surface area contributed by atoms with Crippen LogP contribution in [0.1, 0.15) is 11.1 Å². The zero-order valence-corrected chi connectivity index (χ0v) is 20.8. The second kappa shape index (κ2) is 8.96. The monoisotopic (exact) mass is 523 g/mol. The summed E-state index contributed by atoms with van der Waals surface area (Å²) in [5.41, 5.74) is 2.23. The van der Waals surface area contributed by atoms with Crippen molar-refractivity contribution < 1.29 is 21.6 Å². The summed E-state index contributed by atoms with van der Waals surface area (Å²) in [5.74, 6) is 0.788. The van der Waals surface area contributed by atoms with Crippen molar-refractivity contribution in [2.75, 3.05) is 0 Å². The van der Waals surface area contributed by atoms with Crippen LogP contribution in [0, 0.1) is 30.8 Å². The lowest BCUT2D eigenvalue weighted by Crippen LogP contribution is -2.06. The number of fused-ring (bicyclic) bond motifs is 7. The minimum Gasteiger partial charge on any atom is -0.419 e. The van der Waals surface area contributed by atoms with E-state index in [-0.39, 0.29) is 0 Å². The van der Waals surface area contributed by atoms with E-state index in [2.05, 4.69) is 24.3 Å². The molecule has 0 bridgehead atoms. The second-order valence-electron chi connectivity index (χ2n) is 9.16. The second-order valence-corrected chi connectivity index (χ2v) is 10.5. The molecule has 1 aliphatic rings. The first-order chi connectivity index (χ1) is 18.5. The Labute approximate surface area is 218 Å². The quantitative estimate of drug-likeness (QED) is 0.226. The van der Waals surface area contributed by atoms with Crippen molar-refractivity contribution in [3.8, 4) is 0 Å². The molecule has 5 aromatic carbocycles. The molecule has 0 N–H and O–H groups in total. The van der Waals surface area contributed by atoms with Crippen molar-refractivity contribution in [2.24, 2.45) is 0 Å². The molecule has 0 aliphatic heterocycles. The Morgan fingerprint density at radius 1 is 0.579 bits per heavy atom. The maximum absolute atomic E-state index is 13.1. The molecule has 1 heterocycles. The van der Waals surface area contributed by atoms with Gasteiger partial charge >= 0.3 is 6.18 Å². The van der Waals surface area contributed by atoms with E-state index in [1.807, 2.05) is 67.8 Å². The van der Waals surface area contributed by atoms with Gasteiger partial charge in [0.25, 0.3) is 0 Å². The smallest absolute Gasteiger partial charge is 0.416 e. The maximum atomic E-state index is 13.1. The predicted octanol–water partition coefficient (Wildman–Crippen LogP) is 10.2. The molecular weight excluding hydrogens is 504 g/mol. The van der Waals surface area contributed by atoms with E-state index >= 15 is 0 Å². The standard InChI is InChI=1S/C32H19F3O2P/c33-32(34,35)23-16-12-22(13-17-23)24-10-5-11-29(24)38-36-27-18-14-20-6-1-3-8-25(20)30(27)31-26-9-4-2-7-21(26)15-19-28(31)37-38/h1-19H. The van der Waals surface area contributed by atoms with Crippen molar-refractivity contribution in [2.45, 2.75) is 6.18 Å². The lowest BCUT2D eigenvalue weighted by Gasteiger charge is -2.16. The summed E-state index contributed by atoms with van der Waals surface area (Å²) in [4.78, 5) is 0. The molecule has 1 aliphatic carbocycles. The van der Waals surface area contributed by atoms with Gasteiger partial charge in [0, 0.05) is 16.7 Å². The average molecular weight is 523 g/mol. The van der Waals surface area contributed by atoms with Crippen molar-refractivity contribution in [3.63, 3.8) is 0 Å². The Bertz CT molecular complexity index is 1760. The molecule has 2 nitrogen and oxygen atoms in total. The summed E-state index contributed by atoms with van der Waals surface area (Å²) in [6, 6.07) is 29.7. The van der Waals surface area contributed by atoms with Gasteiger partial charge in [-0.1, -0.05) is 72.8 Å². The summed E-state index contributed by atoms with van der Waals surface area (Å²) in [6.45, 7) is 0. The minimum absolute atomic E-state index is 0.675. The van der Waals surface area contributed by atoms with E-state index in [0.717, 1.165) is 56.0 Å². The summed E-state index contributed by atoms with van der Waals surface area (Å²) in [6.07, 6.45) is 1.31. The number of hydrogen-bond donors (Lipinski definition) is 0. The van der Waals surface area contributed by atoms with Gasteiger partial charge in [-0.3, -0.25) is 0 Å². The van der Waals surface area contributed by atoms with Gasteiger partial charge in [-0.15, -0.1) is 0 Å². The number of halogens is 3. The highest BCUT2D eigenvalue weighted by Gasteiger charge is 2.37. The molecule has 5 radical (unpaired) electrons. The van der Waals surface area contributed by atoms with Crippen LogP contribution < -0.4 is 0 Å². The van der Waals surface area contributed by atoms with Gasteiger partial charge in [-0.2, -0.15) is 13.2 Å². The zero-order valence-electron chi connectivity index (χ0n) is 19.9. The highest BCUT2D eigenvalue weighted by Crippen LogP contribution is 2.55. The molecule has 0 amide bonds. The number of rotatable bonds is 2. The van der Waals surface area contributed by atoms with Crippen LogP contribution in [0.2, 0.25) is 0 Å². The van der Waals surface area contributed by atoms with Crippen LogP contribution in [0.15, 0.2) is 105 Å². The van der Waals surface area contributed by atoms with Crippen molar-refractivity contribution in [1.82, 2.24) is 0 Å². The van der Waals surface area contributed by atoms with E-state index in [9.17, 15) is 13.2 Å². The Morgan fingerprint density at radius 3 is 1.68 bits per heavy atom. The molecule has 0 atom stereocenters. The molecule has 0 unspecified atom stereocenters.